The fourth-order valence-electron chi connectivity index (χ4n) is 1.53. The molecule has 0 bridgehead atoms. The Bertz CT molecular complexity index is 513. The zero-order valence-electron chi connectivity index (χ0n) is 10.6. The van der Waals surface area contributed by atoms with Gasteiger partial charge in [-0.3, -0.25) is 4.79 Å². The van der Waals surface area contributed by atoms with Crippen LogP contribution >= 0.6 is 15.9 Å². The fourth-order valence-corrected chi connectivity index (χ4v) is 1.93. The number of carboxylic acid groups (broad SMARTS) is 1. The first-order chi connectivity index (χ1) is 8.80. The Hall–Kier alpha value is -1.69. The summed E-state index contributed by atoms with van der Waals surface area (Å²) in [5, 5.41) is 9.17. The third kappa shape index (κ3) is 3.41. The highest BCUT2D eigenvalue weighted by Gasteiger charge is 2.38. The number of rotatable bonds is 5. The molecule has 0 atom stereocenters. The average Bonchev–Trinajstić information content (AvgIpc) is 2.34. The highest BCUT2D eigenvalue weighted by molar-refractivity contribution is 9.10. The van der Waals surface area contributed by atoms with Gasteiger partial charge in [0.05, 0.1) is 6.54 Å². The standard InChI is InChI=1S/C13H14BrNO4/c1-13(2,12(18)19)15(6-7-16)11(17)9-4-3-5-10(14)8-9/h3-5,7-8H,6H2,1-2H3,(H,18,19). The van der Waals surface area contributed by atoms with Crippen molar-refractivity contribution >= 4 is 34.1 Å². The molecule has 0 aliphatic carbocycles. The molecule has 1 amide bonds. The molecule has 5 nitrogen and oxygen atoms in total. The third-order valence-electron chi connectivity index (χ3n) is 2.77. The van der Waals surface area contributed by atoms with E-state index in [1.54, 1.807) is 24.3 Å². The Kier molecular flexibility index (Phi) is 4.83. The van der Waals surface area contributed by atoms with E-state index < -0.39 is 17.4 Å². The Morgan fingerprint density at radius 1 is 1.42 bits per heavy atom. The third-order valence-corrected chi connectivity index (χ3v) is 3.27. The normalized spacial score (nSPS) is 10.9. The van der Waals surface area contributed by atoms with E-state index in [9.17, 15) is 14.4 Å². The minimum atomic E-state index is -1.46. The van der Waals surface area contributed by atoms with E-state index in [2.05, 4.69) is 15.9 Å². The highest BCUT2D eigenvalue weighted by Crippen LogP contribution is 2.20. The second kappa shape index (κ2) is 5.97. The molecule has 0 saturated heterocycles. The van der Waals surface area contributed by atoms with Crippen molar-refractivity contribution in [2.24, 2.45) is 0 Å². The van der Waals surface area contributed by atoms with Crippen LogP contribution in [0, 0.1) is 0 Å². The van der Waals surface area contributed by atoms with Gasteiger partial charge in [-0.05, 0) is 32.0 Å². The molecule has 0 aliphatic heterocycles. The number of aliphatic carboxylic acids is 1. The number of aldehydes is 1. The maximum Gasteiger partial charge on any atom is 0.329 e. The minimum absolute atomic E-state index is 0.273. The van der Waals surface area contributed by atoms with Crippen LogP contribution in [0.5, 0.6) is 0 Å². The second-order valence-corrected chi connectivity index (χ2v) is 5.37. The van der Waals surface area contributed by atoms with Gasteiger partial charge < -0.3 is 14.8 Å². The van der Waals surface area contributed by atoms with Crippen molar-refractivity contribution in [2.75, 3.05) is 6.54 Å². The van der Waals surface area contributed by atoms with Gasteiger partial charge in [-0.15, -0.1) is 0 Å². The van der Waals surface area contributed by atoms with Crippen molar-refractivity contribution in [3.63, 3.8) is 0 Å². The highest BCUT2D eigenvalue weighted by atomic mass is 79.9. The second-order valence-electron chi connectivity index (χ2n) is 4.46. The van der Waals surface area contributed by atoms with Gasteiger partial charge >= 0.3 is 5.97 Å². The van der Waals surface area contributed by atoms with E-state index in [-0.39, 0.29) is 6.54 Å². The van der Waals surface area contributed by atoms with E-state index in [1.165, 1.54) is 13.8 Å². The number of hydrogen-bond acceptors (Lipinski definition) is 3. The molecule has 1 aromatic carbocycles. The molecule has 0 saturated carbocycles. The lowest BCUT2D eigenvalue weighted by Gasteiger charge is -2.33. The van der Waals surface area contributed by atoms with Crippen LogP contribution in [0.3, 0.4) is 0 Å². The predicted molar refractivity (Wildman–Crippen MR) is 73.0 cm³/mol. The monoisotopic (exact) mass is 327 g/mol. The summed E-state index contributed by atoms with van der Waals surface area (Å²) in [6.45, 7) is 2.49. The SMILES string of the molecule is CC(C)(C(=O)O)N(CC=O)C(=O)c1cccc(Br)c1. The van der Waals surface area contributed by atoms with Gasteiger partial charge in [0.2, 0.25) is 0 Å². The van der Waals surface area contributed by atoms with Crippen molar-refractivity contribution in [2.45, 2.75) is 19.4 Å². The van der Waals surface area contributed by atoms with Gasteiger partial charge in [-0.1, -0.05) is 22.0 Å². The summed E-state index contributed by atoms with van der Waals surface area (Å²) >= 11 is 3.24. The number of carbonyl (C=O) groups excluding carboxylic acids is 2. The molecule has 19 heavy (non-hydrogen) atoms. The number of carbonyl (C=O) groups is 3. The number of amides is 1. The van der Waals surface area contributed by atoms with Crippen LogP contribution in [0.4, 0.5) is 0 Å². The van der Waals surface area contributed by atoms with Crippen LogP contribution in [0.25, 0.3) is 0 Å². The van der Waals surface area contributed by atoms with Crippen molar-refractivity contribution in [3.05, 3.63) is 34.3 Å². The summed E-state index contributed by atoms with van der Waals surface area (Å²) in [5.74, 6) is -1.67. The lowest BCUT2D eigenvalue weighted by Crippen LogP contribution is -2.53. The fraction of sp³-hybridized carbons (Fsp3) is 0.308. The predicted octanol–water partition coefficient (Wildman–Crippen LogP) is 1.95. The molecule has 1 aromatic rings. The van der Waals surface area contributed by atoms with E-state index in [1.807, 2.05) is 0 Å². The Labute approximate surface area is 119 Å². The maximum atomic E-state index is 12.3. The summed E-state index contributed by atoms with van der Waals surface area (Å²) in [5.41, 5.74) is -1.13. The van der Waals surface area contributed by atoms with Crippen LogP contribution in [0.2, 0.25) is 0 Å². The number of hydrogen-bond donors (Lipinski definition) is 1. The molecule has 0 fully saturated rings. The topological polar surface area (TPSA) is 74.7 Å². The molecule has 102 valence electrons. The molecule has 0 unspecified atom stereocenters. The molecule has 0 aromatic heterocycles. The van der Waals surface area contributed by atoms with Crippen LogP contribution in [-0.4, -0.2) is 40.3 Å². The molecule has 1 N–H and O–H groups in total. The molecule has 0 heterocycles. The molecular formula is C13H14BrNO4. The quantitative estimate of drug-likeness (QED) is 0.839. The molecule has 0 radical (unpaired) electrons. The summed E-state index contributed by atoms with van der Waals surface area (Å²) in [6.07, 6.45) is 0.514. The smallest absolute Gasteiger partial charge is 0.329 e. The minimum Gasteiger partial charge on any atom is -0.480 e. The van der Waals surface area contributed by atoms with E-state index in [0.717, 1.165) is 4.90 Å². The summed E-state index contributed by atoms with van der Waals surface area (Å²) in [6, 6.07) is 6.58. The Balaban J connectivity index is 3.16. The van der Waals surface area contributed by atoms with Crippen LogP contribution in [0.1, 0.15) is 24.2 Å². The first-order valence-corrected chi connectivity index (χ1v) is 6.34. The zero-order chi connectivity index (χ0) is 14.6. The van der Waals surface area contributed by atoms with E-state index in [0.29, 0.717) is 16.3 Å². The van der Waals surface area contributed by atoms with Crippen molar-refractivity contribution < 1.29 is 19.5 Å². The van der Waals surface area contributed by atoms with Crippen molar-refractivity contribution in [1.82, 2.24) is 4.90 Å². The Morgan fingerprint density at radius 3 is 2.53 bits per heavy atom. The molecule has 0 aliphatic rings. The van der Waals surface area contributed by atoms with Crippen molar-refractivity contribution in [1.29, 1.82) is 0 Å². The molecule has 0 spiro atoms. The van der Waals surface area contributed by atoms with Crippen LogP contribution in [0.15, 0.2) is 28.7 Å². The molecule has 1 rings (SSSR count). The number of nitrogens with zero attached hydrogens (tertiary/aromatic N) is 1. The number of halogens is 1. The van der Waals surface area contributed by atoms with Gasteiger partial charge in [-0.25, -0.2) is 4.79 Å². The van der Waals surface area contributed by atoms with Crippen molar-refractivity contribution in [3.8, 4) is 0 Å². The lowest BCUT2D eigenvalue weighted by molar-refractivity contribution is -0.147. The van der Waals surface area contributed by atoms with Gasteiger partial charge in [-0.2, -0.15) is 0 Å². The van der Waals surface area contributed by atoms with Crippen LogP contribution in [-0.2, 0) is 9.59 Å². The molecular weight excluding hydrogens is 314 g/mol. The van der Waals surface area contributed by atoms with E-state index in [4.69, 9.17) is 5.11 Å². The largest absolute Gasteiger partial charge is 0.480 e. The zero-order valence-corrected chi connectivity index (χ0v) is 12.2. The van der Waals surface area contributed by atoms with E-state index >= 15 is 0 Å². The van der Waals surface area contributed by atoms with Gasteiger partial charge in [0.15, 0.2) is 0 Å². The average molecular weight is 328 g/mol. The lowest BCUT2D eigenvalue weighted by atomic mass is 10.0. The first-order valence-electron chi connectivity index (χ1n) is 5.55. The number of benzene rings is 1. The molecule has 6 heteroatoms. The summed E-state index contributed by atoms with van der Waals surface area (Å²) in [7, 11) is 0. The van der Waals surface area contributed by atoms with Gasteiger partial charge in [0.1, 0.15) is 11.8 Å². The first kappa shape index (κ1) is 15.4. The number of carboxylic acids is 1. The van der Waals surface area contributed by atoms with Crippen LogP contribution < -0.4 is 0 Å². The van der Waals surface area contributed by atoms with Gasteiger partial charge in [0.25, 0.3) is 5.91 Å². The summed E-state index contributed by atoms with van der Waals surface area (Å²) in [4.78, 5) is 35.3. The maximum absolute atomic E-state index is 12.3. The summed E-state index contributed by atoms with van der Waals surface area (Å²) < 4.78 is 0.706. The Morgan fingerprint density at radius 2 is 2.05 bits per heavy atom. The van der Waals surface area contributed by atoms with Gasteiger partial charge in [0, 0.05) is 10.0 Å².